The molecule has 1 atom stereocenters. The van der Waals surface area contributed by atoms with Crippen molar-refractivity contribution in [2.45, 2.75) is 6.35 Å². The largest absolute Gasteiger partial charge is 0.449 e. The van der Waals surface area contributed by atoms with Crippen molar-refractivity contribution in [1.29, 1.82) is 0 Å². The number of amides is 2. The van der Waals surface area contributed by atoms with Crippen LogP contribution in [-0.4, -0.2) is 29.4 Å². The first-order chi connectivity index (χ1) is 15.2. The number of rotatable bonds is 5. The maximum atomic E-state index is 11.7. The number of carbonyl (C=O) groups excluding carboxylic acids is 1. The predicted molar refractivity (Wildman–Crippen MR) is 114 cm³/mol. The standard InChI is InChI=1S/C22H19N5O4/c23-19(28)26-27-21(30-17-12-6-2-7-13-17)24-20(29-16-10-4-1-5-11-16)25-22(27)31-18-14-8-3-9-15-18/h1-15,21H,(H3,23,26,28). The van der Waals surface area contributed by atoms with Crippen molar-refractivity contribution in [2.24, 2.45) is 15.7 Å². The number of benzene rings is 3. The lowest BCUT2D eigenvalue weighted by atomic mass is 10.3. The number of para-hydroxylation sites is 3. The molecule has 1 heterocycles. The molecule has 1 unspecified atom stereocenters. The van der Waals surface area contributed by atoms with Crippen LogP contribution in [0, 0.1) is 0 Å². The van der Waals surface area contributed by atoms with Gasteiger partial charge >= 0.3 is 18.1 Å². The molecule has 1 aliphatic heterocycles. The number of nitrogens with one attached hydrogen (secondary N) is 1. The molecule has 9 heteroatoms. The van der Waals surface area contributed by atoms with E-state index in [4.69, 9.17) is 19.9 Å². The number of hydrogen-bond acceptors (Lipinski definition) is 7. The van der Waals surface area contributed by atoms with Gasteiger partial charge in [-0.2, -0.15) is 10.0 Å². The van der Waals surface area contributed by atoms with Crippen LogP contribution in [0.4, 0.5) is 4.79 Å². The van der Waals surface area contributed by atoms with Gasteiger partial charge in [-0.15, -0.1) is 4.99 Å². The number of aliphatic imine (C=N–C) groups is 2. The van der Waals surface area contributed by atoms with E-state index in [0.29, 0.717) is 17.2 Å². The number of ether oxygens (including phenoxy) is 3. The van der Waals surface area contributed by atoms with E-state index in [1.54, 1.807) is 48.5 Å². The summed E-state index contributed by atoms with van der Waals surface area (Å²) in [6.45, 7) is 0. The van der Waals surface area contributed by atoms with E-state index in [2.05, 4.69) is 15.4 Å². The lowest BCUT2D eigenvalue weighted by Crippen LogP contribution is -2.58. The molecule has 0 fully saturated rings. The van der Waals surface area contributed by atoms with Gasteiger partial charge in [0.1, 0.15) is 17.2 Å². The van der Waals surface area contributed by atoms with Crippen molar-refractivity contribution in [3.63, 3.8) is 0 Å². The van der Waals surface area contributed by atoms with Crippen molar-refractivity contribution in [3.05, 3.63) is 91.0 Å². The van der Waals surface area contributed by atoms with Gasteiger partial charge in [-0.1, -0.05) is 54.6 Å². The van der Waals surface area contributed by atoms with Crippen LogP contribution in [0.2, 0.25) is 0 Å². The Kier molecular flexibility index (Phi) is 5.94. The Balaban J connectivity index is 1.68. The third-order valence-electron chi connectivity index (χ3n) is 3.96. The van der Waals surface area contributed by atoms with E-state index in [1.165, 1.54) is 5.01 Å². The molecule has 9 nitrogen and oxygen atoms in total. The Bertz CT molecular complexity index is 1070. The Morgan fingerprint density at radius 1 is 0.806 bits per heavy atom. The van der Waals surface area contributed by atoms with Gasteiger partial charge < -0.3 is 19.9 Å². The smallest absolute Gasteiger partial charge is 0.331 e. The number of hydrazine groups is 1. The first kappa shape index (κ1) is 19.8. The number of nitrogens with two attached hydrogens (primary N) is 1. The molecule has 156 valence electrons. The van der Waals surface area contributed by atoms with Crippen LogP contribution in [0.15, 0.2) is 101 Å². The molecule has 0 spiro atoms. The summed E-state index contributed by atoms with van der Waals surface area (Å²) in [6.07, 6.45) is -1.09. The zero-order valence-corrected chi connectivity index (χ0v) is 16.3. The predicted octanol–water partition coefficient (Wildman–Crippen LogP) is 3.12. The van der Waals surface area contributed by atoms with Crippen molar-refractivity contribution < 1.29 is 19.0 Å². The molecule has 0 aromatic heterocycles. The fourth-order valence-electron chi connectivity index (χ4n) is 2.64. The molecule has 1 aliphatic rings. The maximum absolute atomic E-state index is 11.7. The number of nitrogens with zero attached hydrogens (tertiary/aromatic N) is 3. The van der Waals surface area contributed by atoms with E-state index >= 15 is 0 Å². The Labute approximate surface area is 178 Å². The molecular formula is C22H19N5O4. The lowest BCUT2D eigenvalue weighted by molar-refractivity contribution is 0.0430. The molecule has 0 saturated heterocycles. The summed E-state index contributed by atoms with van der Waals surface area (Å²) in [5.74, 6) is 1.52. The summed E-state index contributed by atoms with van der Waals surface area (Å²) >= 11 is 0. The maximum Gasteiger partial charge on any atom is 0.331 e. The van der Waals surface area contributed by atoms with Crippen LogP contribution in [0.1, 0.15) is 0 Å². The third-order valence-corrected chi connectivity index (χ3v) is 3.96. The fraction of sp³-hybridized carbons (Fsp3) is 0.0455. The summed E-state index contributed by atoms with van der Waals surface area (Å²) in [4.78, 5) is 20.3. The number of urea groups is 1. The minimum absolute atomic E-state index is 0.0133. The van der Waals surface area contributed by atoms with Crippen molar-refractivity contribution in [2.75, 3.05) is 0 Å². The number of primary amides is 1. The van der Waals surface area contributed by atoms with Gasteiger partial charge in [0.25, 0.3) is 6.35 Å². The van der Waals surface area contributed by atoms with E-state index in [-0.39, 0.29) is 12.0 Å². The second-order valence-corrected chi connectivity index (χ2v) is 6.24. The molecule has 4 rings (SSSR count). The van der Waals surface area contributed by atoms with Crippen LogP contribution < -0.4 is 25.4 Å². The molecule has 3 aromatic rings. The Morgan fingerprint density at radius 3 is 1.87 bits per heavy atom. The van der Waals surface area contributed by atoms with Gasteiger partial charge in [0.05, 0.1) is 0 Å². The third kappa shape index (κ3) is 5.30. The second kappa shape index (κ2) is 9.31. The normalized spacial score (nSPS) is 15.4. The summed E-state index contributed by atoms with van der Waals surface area (Å²) in [6, 6.07) is 26.0. The minimum Gasteiger partial charge on any atom is -0.449 e. The molecule has 3 N–H and O–H groups in total. The average molecular weight is 417 g/mol. The molecule has 2 amide bonds. The topological polar surface area (TPSA) is 111 Å². The highest BCUT2D eigenvalue weighted by Crippen LogP contribution is 2.20. The summed E-state index contributed by atoms with van der Waals surface area (Å²) < 4.78 is 17.6. The zero-order valence-electron chi connectivity index (χ0n) is 16.3. The lowest BCUT2D eigenvalue weighted by Gasteiger charge is -2.32. The van der Waals surface area contributed by atoms with Crippen LogP contribution in [-0.2, 0) is 0 Å². The van der Waals surface area contributed by atoms with Crippen molar-refractivity contribution in [3.8, 4) is 17.2 Å². The molecule has 0 radical (unpaired) electrons. The second-order valence-electron chi connectivity index (χ2n) is 6.24. The number of carbonyl (C=O) groups is 1. The van der Waals surface area contributed by atoms with Gasteiger partial charge in [0, 0.05) is 0 Å². The summed E-state index contributed by atoms with van der Waals surface area (Å²) in [5, 5.41) is 1.18. The van der Waals surface area contributed by atoms with Gasteiger partial charge in [0.2, 0.25) is 0 Å². The molecular weight excluding hydrogens is 398 g/mol. The first-order valence-corrected chi connectivity index (χ1v) is 9.37. The number of hydrogen-bond donors (Lipinski definition) is 2. The van der Waals surface area contributed by atoms with Gasteiger partial charge in [-0.05, 0) is 36.4 Å². The Hall–Kier alpha value is -4.53. The van der Waals surface area contributed by atoms with Crippen LogP contribution in [0.5, 0.6) is 17.2 Å². The monoisotopic (exact) mass is 417 g/mol. The number of amidine groups is 2. The van der Waals surface area contributed by atoms with Crippen molar-refractivity contribution in [1.82, 2.24) is 10.4 Å². The highest BCUT2D eigenvalue weighted by atomic mass is 16.6. The van der Waals surface area contributed by atoms with Crippen LogP contribution in [0.3, 0.4) is 0 Å². The fourth-order valence-corrected chi connectivity index (χ4v) is 2.64. The molecule has 3 aromatic carbocycles. The summed E-state index contributed by atoms with van der Waals surface area (Å²) in [7, 11) is 0. The molecule has 0 aliphatic carbocycles. The van der Waals surface area contributed by atoms with E-state index < -0.39 is 12.4 Å². The van der Waals surface area contributed by atoms with Crippen molar-refractivity contribution >= 4 is 18.1 Å². The minimum atomic E-state index is -1.09. The van der Waals surface area contributed by atoms with Gasteiger partial charge in [-0.3, -0.25) is 0 Å². The van der Waals surface area contributed by atoms with E-state index in [1.807, 2.05) is 42.5 Å². The Morgan fingerprint density at radius 2 is 1.32 bits per heavy atom. The molecule has 31 heavy (non-hydrogen) atoms. The van der Waals surface area contributed by atoms with E-state index in [9.17, 15) is 4.79 Å². The summed E-state index contributed by atoms with van der Waals surface area (Å²) in [5.41, 5.74) is 7.79. The first-order valence-electron chi connectivity index (χ1n) is 9.37. The van der Waals surface area contributed by atoms with Crippen LogP contribution in [0.25, 0.3) is 0 Å². The van der Waals surface area contributed by atoms with Gasteiger partial charge in [0.15, 0.2) is 0 Å². The molecule has 0 saturated carbocycles. The quantitative estimate of drug-likeness (QED) is 0.663. The zero-order chi connectivity index (χ0) is 21.5. The van der Waals surface area contributed by atoms with Crippen LogP contribution >= 0.6 is 0 Å². The highest BCUT2D eigenvalue weighted by Gasteiger charge is 2.32. The molecule has 0 bridgehead atoms. The highest BCUT2D eigenvalue weighted by molar-refractivity contribution is 5.94. The average Bonchev–Trinajstić information content (AvgIpc) is 2.78. The van der Waals surface area contributed by atoms with E-state index in [0.717, 1.165) is 0 Å². The SMILES string of the molecule is NC(=O)NN1C(Oc2ccccc2)=NC(Oc2ccccc2)=NC1Oc1ccccc1. The van der Waals surface area contributed by atoms with Gasteiger partial charge in [-0.25, -0.2) is 10.2 Å².